The standard InChI is InChI=1S/C25H26ClN3O5S2/c1-16(2)28(36(33,34)18-8-9-21(26)22(14-18)29(31)32)15-24(30)27-12-10-23-20(11-13-35-23)25(27)19-7-5-4-6-17(19)3/h4-9,11,13-14,16,25H,10,12,15H2,1-3H3. The zero-order valence-corrected chi connectivity index (χ0v) is 22.4. The number of thiophene rings is 1. The Kier molecular flexibility index (Phi) is 7.51. The molecule has 2 aromatic carbocycles. The van der Waals surface area contributed by atoms with Crippen LogP contribution >= 0.6 is 22.9 Å². The number of hydrogen-bond donors (Lipinski definition) is 0. The minimum absolute atomic E-state index is 0.160. The van der Waals surface area contributed by atoms with Gasteiger partial charge in [-0.05, 0) is 67.5 Å². The molecule has 4 rings (SSSR count). The van der Waals surface area contributed by atoms with Crippen LogP contribution in [0.2, 0.25) is 5.02 Å². The van der Waals surface area contributed by atoms with Crippen LogP contribution in [-0.4, -0.2) is 47.6 Å². The van der Waals surface area contributed by atoms with Gasteiger partial charge in [0, 0.05) is 23.5 Å². The van der Waals surface area contributed by atoms with Gasteiger partial charge < -0.3 is 4.90 Å². The molecule has 2 heterocycles. The fraction of sp³-hybridized carbons (Fsp3) is 0.320. The average Bonchev–Trinajstić information content (AvgIpc) is 3.31. The Morgan fingerprint density at radius 1 is 1.22 bits per heavy atom. The zero-order chi connectivity index (χ0) is 26.2. The maximum atomic E-state index is 13.7. The molecule has 0 fully saturated rings. The molecule has 3 aromatic rings. The molecule has 0 radical (unpaired) electrons. The van der Waals surface area contributed by atoms with Crippen molar-refractivity contribution in [1.82, 2.24) is 9.21 Å². The van der Waals surface area contributed by atoms with Gasteiger partial charge >= 0.3 is 0 Å². The second-order valence-corrected chi connectivity index (χ2v) is 12.2. The number of sulfonamides is 1. The lowest BCUT2D eigenvalue weighted by Crippen LogP contribution is -2.48. The van der Waals surface area contributed by atoms with E-state index in [1.807, 2.05) is 42.6 Å². The summed E-state index contributed by atoms with van der Waals surface area (Å²) in [5, 5.41) is 13.2. The largest absolute Gasteiger partial charge is 0.330 e. The van der Waals surface area contributed by atoms with Gasteiger partial charge in [0.1, 0.15) is 5.02 Å². The highest BCUT2D eigenvalue weighted by Crippen LogP contribution is 2.39. The van der Waals surface area contributed by atoms with Crippen molar-refractivity contribution < 1.29 is 18.1 Å². The molecule has 1 amide bonds. The summed E-state index contributed by atoms with van der Waals surface area (Å²) in [5.74, 6) is -0.333. The van der Waals surface area contributed by atoms with Crippen LogP contribution in [0.3, 0.4) is 0 Å². The van der Waals surface area contributed by atoms with Gasteiger partial charge in [-0.1, -0.05) is 35.9 Å². The lowest BCUT2D eigenvalue weighted by molar-refractivity contribution is -0.384. The molecule has 1 aliphatic heterocycles. The van der Waals surface area contributed by atoms with E-state index < -0.39 is 33.2 Å². The number of nitrogens with zero attached hydrogens (tertiary/aromatic N) is 3. The number of hydrogen-bond acceptors (Lipinski definition) is 6. The number of fused-ring (bicyclic) bond motifs is 1. The molecule has 0 bridgehead atoms. The highest BCUT2D eigenvalue weighted by molar-refractivity contribution is 7.89. The number of carbonyl (C=O) groups is 1. The van der Waals surface area contributed by atoms with Gasteiger partial charge in [-0.25, -0.2) is 8.42 Å². The topological polar surface area (TPSA) is 101 Å². The van der Waals surface area contributed by atoms with Crippen molar-refractivity contribution in [2.45, 2.75) is 44.2 Å². The minimum Gasteiger partial charge on any atom is -0.330 e. The van der Waals surface area contributed by atoms with Crippen LogP contribution in [0.1, 0.15) is 41.5 Å². The summed E-state index contributed by atoms with van der Waals surface area (Å²) in [6, 6.07) is 12.4. The fourth-order valence-electron chi connectivity index (χ4n) is 4.51. The molecule has 11 heteroatoms. The number of nitro benzene ring substituents is 1. The molecule has 0 spiro atoms. The van der Waals surface area contributed by atoms with Crippen molar-refractivity contribution in [3.63, 3.8) is 0 Å². The molecule has 1 aromatic heterocycles. The molecule has 8 nitrogen and oxygen atoms in total. The molecule has 1 unspecified atom stereocenters. The van der Waals surface area contributed by atoms with E-state index >= 15 is 0 Å². The summed E-state index contributed by atoms with van der Waals surface area (Å²) in [6.45, 7) is 5.40. The zero-order valence-electron chi connectivity index (χ0n) is 20.0. The minimum atomic E-state index is -4.22. The predicted molar refractivity (Wildman–Crippen MR) is 140 cm³/mol. The summed E-state index contributed by atoms with van der Waals surface area (Å²) >= 11 is 7.54. The first-order valence-electron chi connectivity index (χ1n) is 11.4. The number of rotatable bonds is 7. The monoisotopic (exact) mass is 547 g/mol. The molecule has 0 N–H and O–H groups in total. The molecule has 1 aliphatic rings. The predicted octanol–water partition coefficient (Wildman–Crippen LogP) is 5.19. The van der Waals surface area contributed by atoms with E-state index in [4.69, 9.17) is 11.6 Å². The van der Waals surface area contributed by atoms with Crippen molar-refractivity contribution in [1.29, 1.82) is 0 Å². The summed E-state index contributed by atoms with van der Waals surface area (Å²) in [4.78, 5) is 27.0. The van der Waals surface area contributed by atoms with Crippen LogP contribution in [0.15, 0.2) is 58.8 Å². The van der Waals surface area contributed by atoms with E-state index in [1.165, 1.54) is 17.0 Å². The van der Waals surface area contributed by atoms with Crippen LogP contribution < -0.4 is 0 Å². The maximum Gasteiger partial charge on any atom is 0.289 e. The second-order valence-electron chi connectivity index (χ2n) is 8.91. The van der Waals surface area contributed by atoms with E-state index in [9.17, 15) is 23.3 Å². The summed E-state index contributed by atoms with van der Waals surface area (Å²) < 4.78 is 28.1. The van der Waals surface area contributed by atoms with Crippen LogP contribution in [0, 0.1) is 17.0 Å². The molecular formula is C25H26ClN3O5S2. The maximum absolute atomic E-state index is 13.7. The first-order chi connectivity index (χ1) is 17.0. The van der Waals surface area contributed by atoms with Gasteiger partial charge in [0.05, 0.1) is 22.4 Å². The Morgan fingerprint density at radius 2 is 1.94 bits per heavy atom. The smallest absolute Gasteiger partial charge is 0.289 e. The average molecular weight is 548 g/mol. The van der Waals surface area contributed by atoms with Gasteiger partial charge in [0.15, 0.2) is 0 Å². The quantitative estimate of drug-likeness (QED) is 0.299. The first-order valence-corrected chi connectivity index (χ1v) is 14.1. The molecule has 36 heavy (non-hydrogen) atoms. The number of carbonyl (C=O) groups excluding carboxylic acids is 1. The van der Waals surface area contributed by atoms with Crippen LogP contribution in [0.5, 0.6) is 0 Å². The Hall–Kier alpha value is -2.79. The van der Waals surface area contributed by atoms with E-state index in [2.05, 4.69) is 0 Å². The molecular weight excluding hydrogens is 522 g/mol. The lowest BCUT2D eigenvalue weighted by Gasteiger charge is -2.38. The Labute approximate surface area is 219 Å². The van der Waals surface area contributed by atoms with Gasteiger partial charge in [-0.2, -0.15) is 4.31 Å². The van der Waals surface area contributed by atoms with Gasteiger partial charge in [-0.15, -0.1) is 11.3 Å². The number of halogens is 1. The third kappa shape index (κ3) is 4.90. The Bertz CT molecular complexity index is 1420. The van der Waals surface area contributed by atoms with E-state index in [0.717, 1.165) is 27.1 Å². The number of nitro groups is 1. The first kappa shape index (κ1) is 26.3. The van der Waals surface area contributed by atoms with E-state index in [-0.39, 0.29) is 21.9 Å². The van der Waals surface area contributed by atoms with Crippen molar-refractivity contribution in [3.8, 4) is 0 Å². The number of aryl methyl sites for hydroxylation is 1. The lowest BCUT2D eigenvalue weighted by atomic mass is 9.90. The third-order valence-corrected chi connectivity index (χ3v) is 9.69. The summed E-state index contributed by atoms with van der Waals surface area (Å²) in [5.41, 5.74) is 2.59. The fourth-order valence-corrected chi connectivity index (χ4v) is 7.21. The SMILES string of the molecule is Cc1ccccc1C1c2ccsc2CCN1C(=O)CN(C(C)C)S(=O)(=O)c1ccc(Cl)c([N+](=O)[O-])c1. The van der Waals surface area contributed by atoms with E-state index in [0.29, 0.717) is 13.0 Å². The van der Waals surface area contributed by atoms with Crippen molar-refractivity contribution in [2.75, 3.05) is 13.1 Å². The molecule has 1 atom stereocenters. The summed E-state index contributed by atoms with van der Waals surface area (Å²) in [7, 11) is -4.22. The Morgan fingerprint density at radius 3 is 2.61 bits per heavy atom. The van der Waals surface area contributed by atoms with Crippen molar-refractivity contribution >= 4 is 44.6 Å². The Balaban J connectivity index is 1.70. The highest BCUT2D eigenvalue weighted by Gasteiger charge is 2.37. The van der Waals surface area contributed by atoms with Gasteiger partial charge in [0.25, 0.3) is 5.69 Å². The van der Waals surface area contributed by atoms with Crippen LogP contribution in [-0.2, 0) is 21.2 Å². The summed E-state index contributed by atoms with van der Waals surface area (Å²) in [6.07, 6.45) is 0.693. The van der Waals surface area contributed by atoms with Crippen LogP contribution in [0.25, 0.3) is 0 Å². The molecule has 0 aliphatic carbocycles. The highest BCUT2D eigenvalue weighted by atomic mass is 35.5. The third-order valence-electron chi connectivity index (χ3n) is 6.36. The van der Waals surface area contributed by atoms with Crippen LogP contribution in [0.4, 0.5) is 5.69 Å². The van der Waals surface area contributed by atoms with Crippen molar-refractivity contribution in [3.05, 3.63) is 90.6 Å². The number of amides is 1. The number of benzene rings is 2. The van der Waals surface area contributed by atoms with Gasteiger partial charge in [0.2, 0.25) is 15.9 Å². The molecule has 0 saturated carbocycles. The van der Waals surface area contributed by atoms with Crippen molar-refractivity contribution in [2.24, 2.45) is 0 Å². The van der Waals surface area contributed by atoms with Gasteiger partial charge in [-0.3, -0.25) is 14.9 Å². The second kappa shape index (κ2) is 10.3. The normalized spacial score (nSPS) is 15.8. The molecule has 0 saturated heterocycles. The molecule has 190 valence electrons. The van der Waals surface area contributed by atoms with E-state index in [1.54, 1.807) is 30.1 Å².